The van der Waals surface area contributed by atoms with Gasteiger partial charge in [-0.3, -0.25) is 9.59 Å². The zero-order valence-electron chi connectivity index (χ0n) is 21.7. The molecule has 17 nitrogen and oxygen atoms in total. The monoisotopic (exact) mass is 572 g/mol. The van der Waals surface area contributed by atoms with Gasteiger partial charge in [-0.25, -0.2) is 0 Å². The van der Waals surface area contributed by atoms with E-state index >= 15 is 0 Å². The lowest BCUT2D eigenvalue weighted by molar-refractivity contribution is -0.314. The Kier molecular flexibility index (Phi) is 12.8. The summed E-state index contributed by atoms with van der Waals surface area (Å²) in [6, 6.07) is -2.86. The van der Waals surface area contributed by atoms with E-state index in [2.05, 4.69) is 10.6 Å². The van der Waals surface area contributed by atoms with Crippen LogP contribution in [0.25, 0.3) is 0 Å². The van der Waals surface area contributed by atoms with Gasteiger partial charge in [-0.1, -0.05) is 0 Å². The molecular weight excluding hydrogens is 532 g/mol. The molecule has 39 heavy (non-hydrogen) atoms. The molecule has 0 spiro atoms. The number of amides is 2. The number of carbonyl (C=O) groups is 2. The molecule has 17 heteroatoms. The first kappa shape index (κ1) is 33.6. The van der Waals surface area contributed by atoms with Gasteiger partial charge in [-0.05, 0) is 6.92 Å². The maximum absolute atomic E-state index is 11.7. The van der Waals surface area contributed by atoms with Gasteiger partial charge in [0.1, 0.15) is 61.0 Å². The molecule has 0 bridgehead atoms. The van der Waals surface area contributed by atoms with Crippen molar-refractivity contribution in [2.75, 3.05) is 19.8 Å². The van der Waals surface area contributed by atoms with Crippen molar-refractivity contribution in [1.29, 1.82) is 0 Å². The Bertz CT molecular complexity index is 793. The fourth-order valence-corrected chi connectivity index (χ4v) is 4.31. The molecule has 2 aliphatic heterocycles. The van der Waals surface area contributed by atoms with Gasteiger partial charge in [-0.15, -0.1) is 0 Å². The van der Waals surface area contributed by atoms with E-state index in [1.165, 1.54) is 6.92 Å². The van der Waals surface area contributed by atoms with E-state index in [1.807, 2.05) is 0 Å². The molecule has 14 atom stereocenters. The Balaban J connectivity index is 2.30. The van der Waals surface area contributed by atoms with E-state index in [4.69, 9.17) is 18.9 Å². The first-order chi connectivity index (χ1) is 18.2. The van der Waals surface area contributed by atoms with Gasteiger partial charge in [0.15, 0.2) is 12.6 Å². The normalized spacial score (nSPS) is 38.4. The molecule has 2 amide bonds. The molecule has 2 fully saturated rings. The van der Waals surface area contributed by atoms with Crippen LogP contribution in [0.1, 0.15) is 20.8 Å². The number of ether oxygens (including phenoxy) is 4. The average Bonchev–Trinajstić information content (AvgIpc) is 2.88. The highest BCUT2D eigenvalue weighted by molar-refractivity contribution is 5.73. The third kappa shape index (κ3) is 8.46. The Labute approximate surface area is 223 Å². The maximum Gasteiger partial charge on any atom is 0.217 e. The Morgan fingerprint density at radius 2 is 1.51 bits per heavy atom. The average molecular weight is 573 g/mol. The van der Waals surface area contributed by atoms with Crippen molar-refractivity contribution in [3.63, 3.8) is 0 Å². The van der Waals surface area contributed by atoms with Crippen LogP contribution in [0.4, 0.5) is 0 Å². The van der Waals surface area contributed by atoms with Crippen molar-refractivity contribution in [1.82, 2.24) is 10.6 Å². The zero-order valence-corrected chi connectivity index (χ0v) is 21.7. The zero-order chi connectivity index (χ0) is 29.6. The van der Waals surface area contributed by atoms with Gasteiger partial charge in [0.2, 0.25) is 11.8 Å². The summed E-state index contributed by atoms with van der Waals surface area (Å²) in [5.74, 6) is -1.32. The molecule has 2 saturated heterocycles. The number of hydrogen-bond donors (Lipinski definition) is 11. The van der Waals surface area contributed by atoms with Crippen molar-refractivity contribution in [3.05, 3.63) is 0 Å². The molecule has 2 rings (SSSR count). The molecule has 0 unspecified atom stereocenters. The highest BCUT2D eigenvalue weighted by Crippen LogP contribution is 2.26. The molecule has 2 heterocycles. The Morgan fingerprint density at radius 1 is 0.872 bits per heavy atom. The van der Waals surface area contributed by atoms with Crippen LogP contribution in [-0.2, 0) is 28.5 Å². The summed E-state index contributed by atoms with van der Waals surface area (Å²) in [6.45, 7) is 1.27. The molecule has 2 aliphatic rings. The van der Waals surface area contributed by atoms with E-state index in [0.717, 1.165) is 13.8 Å². The van der Waals surface area contributed by atoms with Crippen molar-refractivity contribution < 1.29 is 74.5 Å². The van der Waals surface area contributed by atoms with Gasteiger partial charge >= 0.3 is 0 Å². The minimum Gasteiger partial charge on any atom is -0.394 e. The van der Waals surface area contributed by atoms with Crippen molar-refractivity contribution >= 4 is 11.8 Å². The Hall–Kier alpha value is -1.58. The highest BCUT2D eigenvalue weighted by atomic mass is 16.7. The minimum atomic E-state index is -1.88. The fourth-order valence-electron chi connectivity index (χ4n) is 4.31. The fraction of sp³-hybridized carbons (Fsp3) is 0.909. The molecule has 0 aromatic rings. The lowest BCUT2D eigenvalue weighted by Crippen LogP contribution is -2.66. The van der Waals surface area contributed by atoms with Gasteiger partial charge in [0, 0.05) is 13.8 Å². The van der Waals surface area contributed by atoms with Crippen LogP contribution in [0.15, 0.2) is 0 Å². The summed E-state index contributed by atoms with van der Waals surface area (Å²) in [5, 5.41) is 96.5. The number of aliphatic hydroxyl groups excluding tert-OH is 9. The van der Waals surface area contributed by atoms with Gasteiger partial charge < -0.3 is 75.5 Å². The summed E-state index contributed by atoms with van der Waals surface area (Å²) in [5.41, 5.74) is 0. The first-order valence-corrected chi connectivity index (χ1v) is 12.3. The van der Waals surface area contributed by atoms with Crippen molar-refractivity contribution in [2.45, 2.75) is 106 Å². The summed E-state index contributed by atoms with van der Waals surface area (Å²) in [6.07, 6.45) is -19.2. The third-order valence-electron chi connectivity index (χ3n) is 6.50. The predicted octanol–water partition coefficient (Wildman–Crippen LogP) is -6.62. The Morgan fingerprint density at radius 3 is 2.05 bits per heavy atom. The molecular formula is C22H40N2O15. The minimum absolute atomic E-state index is 0.651. The second-order valence-electron chi connectivity index (χ2n) is 9.60. The molecule has 0 aromatic carbocycles. The van der Waals surface area contributed by atoms with Crippen molar-refractivity contribution in [3.8, 4) is 0 Å². The SMILES string of the molecule is CC(=O)N[C@H]1[C@H](O[C@@H]([C@H](O)[C@H](CO)NC(C)=O)[C@H](O)CO[C@@H]2O[C@@H](C)[C@@H](O)[C@@H](O)[C@@H]2O)O[C@H](CO)[C@@H](O)[C@@H]1O. The van der Waals surface area contributed by atoms with Crippen LogP contribution in [0.2, 0.25) is 0 Å². The van der Waals surface area contributed by atoms with E-state index in [-0.39, 0.29) is 0 Å². The number of rotatable bonds is 12. The second kappa shape index (κ2) is 14.9. The van der Waals surface area contributed by atoms with Crippen LogP contribution in [-0.4, -0.2) is 163 Å². The number of nitrogens with one attached hydrogen (secondary N) is 2. The molecule has 0 aromatic heterocycles. The molecule has 0 saturated carbocycles. The van der Waals surface area contributed by atoms with E-state index in [0.29, 0.717) is 0 Å². The van der Waals surface area contributed by atoms with E-state index in [1.54, 1.807) is 0 Å². The van der Waals surface area contributed by atoms with Gasteiger partial charge in [-0.2, -0.15) is 0 Å². The summed E-state index contributed by atoms with van der Waals surface area (Å²) in [4.78, 5) is 23.3. The lowest BCUT2D eigenvalue weighted by atomic mass is 9.96. The third-order valence-corrected chi connectivity index (χ3v) is 6.50. The van der Waals surface area contributed by atoms with Crippen LogP contribution >= 0.6 is 0 Å². The van der Waals surface area contributed by atoms with Crippen LogP contribution < -0.4 is 10.6 Å². The molecule has 228 valence electrons. The van der Waals surface area contributed by atoms with Crippen LogP contribution in [0.3, 0.4) is 0 Å². The lowest BCUT2D eigenvalue weighted by Gasteiger charge is -2.44. The first-order valence-electron chi connectivity index (χ1n) is 12.3. The highest BCUT2D eigenvalue weighted by Gasteiger charge is 2.48. The molecule has 11 N–H and O–H groups in total. The summed E-state index contributed by atoms with van der Waals surface area (Å²) >= 11 is 0. The van der Waals surface area contributed by atoms with Crippen LogP contribution in [0.5, 0.6) is 0 Å². The number of aliphatic hydroxyl groups is 9. The summed E-state index contributed by atoms with van der Waals surface area (Å²) < 4.78 is 21.9. The number of hydrogen-bond acceptors (Lipinski definition) is 15. The van der Waals surface area contributed by atoms with Gasteiger partial charge in [0.25, 0.3) is 0 Å². The smallest absolute Gasteiger partial charge is 0.217 e. The molecule has 0 aliphatic carbocycles. The van der Waals surface area contributed by atoms with Gasteiger partial charge in [0.05, 0.1) is 32.0 Å². The second-order valence-corrected chi connectivity index (χ2v) is 9.60. The van der Waals surface area contributed by atoms with Crippen LogP contribution in [0, 0.1) is 0 Å². The molecule has 0 radical (unpaired) electrons. The topological polar surface area (TPSA) is 277 Å². The van der Waals surface area contributed by atoms with Crippen molar-refractivity contribution in [2.24, 2.45) is 0 Å². The quantitative estimate of drug-likeness (QED) is 0.104. The maximum atomic E-state index is 11.7. The van der Waals surface area contributed by atoms with E-state index in [9.17, 15) is 55.5 Å². The largest absolute Gasteiger partial charge is 0.394 e. The predicted molar refractivity (Wildman–Crippen MR) is 125 cm³/mol. The van der Waals surface area contributed by atoms with E-state index < -0.39 is 117 Å². The standard InChI is InChI=1S/C22H40N2O15/c1-7-14(30)18(34)19(35)22(37-7)36-6-11(29)20(15(31)10(4-25)23-8(2)27)39-21-13(24-9(3)28)17(33)16(32)12(5-26)38-21/h7,10-22,25-26,29-35H,4-6H2,1-3H3,(H,23,27)(H,24,28)/t7-,10-,11+,12+,13+,14+,15+,16+,17+,18+,19-,20+,21-,22+/m0/s1. The summed E-state index contributed by atoms with van der Waals surface area (Å²) in [7, 11) is 0. The number of carbonyl (C=O) groups excluding carboxylic acids is 2.